The summed E-state index contributed by atoms with van der Waals surface area (Å²) < 4.78 is 26.5. The molecule has 0 bridgehead atoms. The average Bonchev–Trinajstić information content (AvgIpc) is 2.37. The van der Waals surface area contributed by atoms with E-state index in [-0.39, 0.29) is 17.0 Å². The quantitative estimate of drug-likeness (QED) is 0.579. The Morgan fingerprint density at radius 3 is 2.57 bits per heavy atom. The van der Waals surface area contributed by atoms with E-state index in [1.807, 2.05) is 0 Å². The van der Waals surface area contributed by atoms with Crippen molar-refractivity contribution in [2.45, 2.75) is 37.6 Å². The van der Waals surface area contributed by atoms with Gasteiger partial charge in [0.2, 0.25) is 10.0 Å². The molecule has 2 N–H and O–H groups in total. The minimum Gasteiger partial charge on any atom is -0.480 e. The first-order valence-electron chi connectivity index (χ1n) is 6.19. The van der Waals surface area contributed by atoms with Gasteiger partial charge in [-0.2, -0.15) is 4.72 Å². The lowest BCUT2D eigenvalue weighted by Gasteiger charge is -2.15. The highest BCUT2D eigenvalue weighted by Crippen LogP contribution is 2.22. The smallest absolute Gasteiger partial charge is 0.321 e. The number of aliphatic carboxylic acids is 1. The summed E-state index contributed by atoms with van der Waals surface area (Å²) in [6, 6.07) is 2.15. The van der Waals surface area contributed by atoms with Gasteiger partial charge in [-0.3, -0.25) is 14.9 Å². The number of carboxylic acids is 1. The number of nitro groups is 1. The molecule has 0 amide bonds. The molecule has 9 heteroatoms. The number of sulfonamides is 1. The number of nitrogens with one attached hydrogen (secondary N) is 1. The Hall–Kier alpha value is -2.00. The average molecular weight is 316 g/mol. The second-order valence-electron chi connectivity index (χ2n) is 4.51. The first-order valence-corrected chi connectivity index (χ1v) is 7.67. The van der Waals surface area contributed by atoms with Gasteiger partial charge < -0.3 is 5.11 Å². The minimum absolute atomic E-state index is 0.128. The highest BCUT2D eigenvalue weighted by molar-refractivity contribution is 7.89. The van der Waals surface area contributed by atoms with E-state index in [2.05, 4.69) is 4.72 Å². The van der Waals surface area contributed by atoms with Crippen LogP contribution in [0.25, 0.3) is 0 Å². The molecule has 0 heterocycles. The van der Waals surface area contributed by atoms with E-state index in [0.717, 1.165) is 6.07 Å². The van der Waals surface area contributed by atoms with Gasteiger partial charge in [0.15, 0.2) is 0 Å². The number of nitro benzene ring substituents is 1. The molecule has 0 aliphatic rings. The van der Waals surface area contributed by atoms with Gasteiger partial charge in [0, 0.05) is 12.1 Å². The summed E-state index contributed by atoms with van der Waals surface area (Å²) in [6.45, 7) is 3.21. The molecule has 1 aromatic carbocycles. The lowest BCUT2D eigenvalue weighted by Crippen LogP contribution is -2.40. The minimum atomic E-state index is -4.15. The largest absolute Gasteiger partial charge is 0.480 e. The Morgan fingerprint density at radius 2 is 2.10 bits per heavy atom. The van der Waals surface area contributed by atoms with E-state index in [1.165, 1.54) is 19.1 Å². The number of carbonyl (C=O) groups is 1. The second kappa shape index (κ2) is 6.64. The maximum atomic E-state index is 12.2. The van der Waals surface area contributed by atoms with Gasteiger partial charge in [-0.1, -0.05) is 19.4 Å². The summed E-state index contributed by atoms with van der Waals surface area (Å²) in [4.78, 5) is 20.7. The van der Waals surface area contributed by atoms with Crippen LogP contribution in [-0.2, 0) is 14.8 Å². The van der Waals surface area contributed by atoms with Gasteiger partial charge in [0.25, 0.3) is 5.69 Å². The molecule has 0 aromatic heterocycles. The summed E-state index contributed by atoms with van der Waals surface area (Å²) in [5, 5.41) is 19.7. The van der Waals surface area contributed by atoms with E-state index in [9.17, 15) is 23.3 Å². The van der Waals surface area contributed by atoms with Crippen LogP contribution in [0.4, 0.5) is 5.69 Å². The van der Waals surface area contributed by atoms with Gasteiger partial charge in [-0.25, -0.2) is 8.42 Å². The first-order chi connectivity index (χ1) is 9.69. The summed E-state index contributed by atoms with van der Waals surface area (Å²) in [7, 11) is -4.15. The van der Waals surface area contributed by atoms with Gasteiger partial charge in [0.1, 0.15) is 6.04 Å². The highest BCUT2D eigenvalue weighted by Gasteiger charge is 2.27. The number of carboxylic acid groups (broad SMARTS) is 1. The van der Waals surface area contributed by atoms with E-state index in [1.54, 1.807) is 6.92 Å². The van der Waals surface area contributed by atoms with Gasteiger partial charge in [0.05, 0.1) is 9.82 Å². The van der Waals surface area contributed by atoms with Crippen LogP contribution in [0.1, 0.15) is 25.3 Å². The van der Waals surface area contributed by atoms with Gasteiger partial charge in [-0.05, 0) is 18.9 Å². The maximum Gasteiger partial charge on any atom is 0.321 e. The predicted octanol–water partition coefficient (Wildman–Crippen LogP) is 1.43. The van der Waals surface area contributed by atoms with E-state index in [0.29, 0.717) is 12.0 Å². The molecule has 1 atom stereocenters. The number of aryl methyl sites for hydroxylation is 1. The third kappa shape index (κ3) is 4.23. The third-order valence-electron chi connectivity index (χ3n) is 2.84. The fraction of sp³-hybridized carbons (Fsp3) is 0.417. The molecule has 1 rings (SSSR count). The number of hydrogen-bond donors (Lipinski definition) is 2. The Morgan fingerprint density at radius 1 is 1.48 bits per heavy atom. The lowest BCUT2D eigenvalue weighted by atomic mass is 10.2. The van der Waals surface area contributed by atoms with Crippen LogP contribution in [0.5, 0.6) is 0 Å². The van der Waals surface area contributed by atoms with Crippen molar-refractivity contribution < 1.29 is 23.2 Å². The van der Waals surface area contributed by atoms with Crippen molar-refractivity contribution in [1.29, 1.82) is 0 Å². The SMILES string of the molecule is CCC[C@H](NS(=O)(=O)c1cc([N+](=O)[O-])ccc1C)C(=O)O. The maximum absolute atomic E-state index is 12.2. The van der Waals surface area contributed by atoms with Crippen molar-refractivity contribution in [3.8, 4) is 0 Å². The van der Waals surface area contributed by atoms with Crippen LogP contribution in [-0.4, -0.2) is 30.5 Å². The second-order valence-corrected chi connectivity index (χ2v) is 6.19. The molecule has 0 unspecified atom stereocenters. The summed E-state index contributed by atoms with van der Waals surface area (Å²) in [5.41, 5.74) is -0.0721. The van der Waals surface area contributed by atoms with Crippen molar-refractivity contribution in [2.75, 3.05) is 0 Å². The Kier molecular flexibility index (Phi) is 5.39. The lowest BCUT2D eigenvalue weighted by molar-refractivity contribution is -0.385. The molecule has 0 aliphatic heterocycles. The molecular weight excluding hydrogens is 300 g/mol. The van der Waals surface area contributed by atoms with E-state index in [4.69, 9.17) is 5.11 Å². The van der Waals surface area contributed by atoms with Crippen LogP contribution in [0.15, 0.2) is 23.1 Å². The molecule has 0 radical (unpaired) electrons. The molecule has 0 aliphatic carbocycles. The van der Waals surface area contributed by atoms with Crippen LogP contribution in [0, 0.1) is 17.0 Å². The number of non-ortho nitro benzene ring substituents is 1. The summed E-state index contributed by atoms with van der Waals surface area (Å²) in [6.07, 6.45) is 0.607. The zero-order valence-electron chi connectivity index (χ0n) is 11.6. The molecule has 1 aromatic rings. The Labute approximate surface area is 122 Å². The standard InChI is InChI=1S/C12H16N2O6S/c1-3-4-10(12(15)16)13-21(19,20)11-7-9(14(17)18)6-5-8(11)2/h5-7,10,13H,3-4H2,1-2H3,(H,15,16)/t10-/m0/s1. The molecule has 0 saturated heterocycles. The number of benzene rings is 1. The van der Waals surface area contributed by atoms with Crippen molar-refractivity contribution >= 4 is 21.7 Å². The van der Waals surface area contributed by atoms with Crippen LogP contribution in [0.3, 0.4) is 0 Å². The zero-order chi connectivity index (χ0) is 16.2. The number of rotatable bonds is 7. The number of nitrogens with zero attached hydrogens (tertiary/aromatic N) is 1. The normalized spacial score (nSPS) is 12.9. The Balaban J connectivity index is 3.21. The molecule has 0 saturated carbocycles. The predicted molar refractivity (Wildman–Crippen MR) is 74.5 cm³/mol. The van der Waals surface area contributed by atoms with Crippen molar-refractivity contribution in [1.82, 2.24) is 4.72 Å². The fourth-order valence-electron chi connectivity index (χ4n) is 1.76. The van der Waals surface area contributed by atoms with Crippen molar-refractivity contribution in [2.24, 2.45) is 0 Å². The topological polar surface area (TPSA) is 127 Å². The van der Waals surface area contributed by atoms with E-state index < -0.39 is 27.0 Å². The molecule has 21 heavy (non-hydrogen) atoms. The highest BCUT2D eigenvalue weighted by atomic mass is 32.2. The molecule has 0 fully saturated rings. The summed E-state index contributed by atoms with van der Waals surface area (Å²) >= 11 is 0. The molecule has 0 spiro atoms. The zero-order valence-corrected chi connectivity index (χ0v) is 12.4. The third-order valence-corrected chi connectivity index (χ3v) is 4.46. The van der Waals surface area contributed by atoms with Crippen molar-refractivity contribution in [3.63, 3.8) is 0 Å². The van der Waals surface area contributed by atoms with Crippen LogP contribution in [0.2, 0.25) is 0 Å². The van der Waals surface area contributed by atoms with Crippen molar-refractivity contribution in [3.05, 3.63) is 33.9 Å². The van der Waals surface area contributed by atoms with Crippen LogP contribution < -0.4 is 4.72 Å². The van der Waals surface area contributed by atoms with Crippen LogP contribution >= 0.6 is 0 Å². The molecular formula is C12H16N2O6S. The first kappa shape index (κ1) is 17.1. The number of hydrogen-bond acceptors (Lipinski definition) is 5. The molecule has 8 nitrogen and oxygen atoms in total. The van der Waals surface area contributed by atoms with E-state index >= 15 is 0 Å². The molecule has 116 valence electrons. The summed E-state index contributed by atoms with van der Waals surface area (Å²) in [5.74, 6) is -1.29. The Bertz CT molecular complexity index is 656. The fourth-order valence-corrected chi connectivity index (χ4v) is 3.25. The van der Waals surface area contributed by atoms with Gasteiger partial charge in [-0.15, -0.1) is 0 Å². The van der Waals surface area contributed by atoms with Gasteiger partial charge >= 0.3 is 5.97 Å². The monoisotopic (exact) mass is 316 g/mol.